The lowest BCUT2D eigenvalue weighted by Crippen LogP contribution is -2.48. The normalized spacial score (nSPS) is 29.5. The molecule has 2 fully saturated rings. The van der Waals surface area contributed by atoms with E-state index in [0.29, 0.717) is 13.1 Å². The Bertz CT molecular complexity index is 353. The number of amides is 2. The number of hydrogen-bond donors (Lipinski definition) is 2. The van der Waals surface area contributed by atoms with E-state index < -0.39 is 11.9 Å². The van der Waals surface area contributed by atoms with Crippen molar-refractivity contribution in [2.75, 3.05) is 33.2 Å². The molecule has 0 aromatic rings. The molecule has 19 heavy (non-hydrogen) atoms. The van der Waals surface area contributed by atoms with Gasteiger partial charge in [-0.3, -0.25) is 4.79 Å². The number of carbonyl (C=O) groups excluding carboxylic acids is 1. The third-order valence-corrected chi connectivity index (χ3v) is 4.26. The highest BCUT2D eigenvalue weighted by Crippen LogP contribution is 2.23. The first-order valence-corrected chi connectivity index (χ1v) is 6.94. The highest BCUT2D eigenvalue weighted by atomic mass is 16.4. The Morgan fingerprint density at radius 3 is 2.37 bits per heavy atom. The van der Waals surface area contributed by atoms with Gasteiger partial charge < -0.3 is 20.2 Å². The van der Waals surface area contributed by atoms with Crippen molar-refractivity contribution < 1.29 is 14.7 Å². The van der Waals surface area contributed by atoms with Crippen LogP contribution in [0.25, 0.3) is 0 Å². The Balaban J connectivity index is 1.82. The molecule has 2 N–H and O–H groups in total. The second-order valence-electron chi connectivity index (χ2n) is 5.85. The molecule has 2 amide bonds. The van der Waals surface area contributed by atoms with E-state index >= 15 is 0 Å². The van der Waals surface area contributed by atoms with Crippen molar-refractivity contribution in [3.05, 3.63) is 0 Å². The van der Waals surface area contributed by atoms with Crippen LogP contribution in [0, 0.1) is 11.8 Å². The minimum absolute atomic E-state index is 0.0285. The number of aliphatic carboxylic acids is 1. The van der Waals surface area contributed by atoms with Gasteiger partial charge in [-0.05, 0) is 38.9 Å². The lowest BCUT2D eigenvalue weighted by Gasteiger charge is -2.30. The number of hydrogen-bond acceptors (Lipinski definition) is 3. The Kier molecular flexibility index (Phi) is 4.29. The van der Waals surface area contributed by atoms with Crippen molar-refractivity contribution >= 4 is 12.0 Å². The molecule has 0 radical (unpaired) electrons. The standard InChI is InChI=1S/C13H23N3O3/c1-9-7-16(8-11(9)12(17)18)13(19)14-10-3-5-15(2)6-4-10/h9-11H,3-8H2,1-2H3,(H,14,19)(H,17,18). The maximum atomic E-state index is 12.1. The molecule has 2 unspecified atom stereocenters. The van der Waals surface area contributed by atoms with Crippen LogP contribution >= 0.6 is 0 Å². The predicted octanol–water partition coefficient (Wildman–Crippen LogP) is 0.443. The summed E-state index contributed by atoms with van der Waals surface area (Å²) in [5.74, 6) is -1.20. The molecule has 6 nitrogen and oxygen atoms in total. The fraction of sp³-hybridized carbons (Fsp3) is 0.846. The van der Waals surface area contributed by atoms with Crippen molar-refractivity contribution in [2.45, 2.75) is 25.8 Å². The van der Waals surface area contributed by atoms with Gasteiger partial charge >= 0.3 is 12.0 Å². The molecule has 6 heteroatoms. The van der Waals surface area contributed by atoms with Crippen LogP contribution in [-0.2, 0) is 4.79 Å². The van der Waals surface area contributed by atoms with Crippen LogP contribution in [-0.4, -0.2) is 66.2 Å². The lowest BCUT2D eigenvalue weighted by molar-refractivity contribution is -0.142. The summed E-state index contributed by atoms with van der Waals surface area (Å²) < 4.78 is 0. The zero-order valence-corrected chi connectivity index (χ0v) is 11.6. The van der Waals surface area contributed by atoms with E-state index in [2.05, 4.69) is 17.3 Å². The number of carboxylic acids is 1. The first-order chi connectivity index (χ1) is 8.97. The Labute approximate surface area is 113 Å². The Hall–Kier alpha value is -1.30. The fourth-order valence-corrected chi connectivity index (χ4v) is 2.87. The monoisotopic (exact) mass is 269 g/mol. The van der Waals surface area contributed by atoms with Crippen molar-refractivity contribution in [1.29, 1.82) is 0 Å². The molecule has 108 valence electrons. The van der Waals surface area contributed by atoms with E-state index in [4.69, 9.17) is 5.11 Å². The largest absolute Gasteiger partial charge is 0.481 e. The highest BCUT2D eigenvalue weighted by molar-refractivity contribution is 5.77. The zero-order valence-electron chi connectivity index (χ0n) is 11.6. The van der Waals surface area contributed by atoms with Crippen LogP contribution < -0.4 is 5.32 Å². The van der Waals surface area contributed by atoms with Crippen molar-refractivity contribution in [2.24, 2.45) is 11.8 Å². The Morgan fingerprint density at radius 1 is 1.21 bits per heavy atom. The third-order valence-electron chi connectivity index (χ3n) is 4.26. The van der Waals surface area contributed by atoms with Crippen molar-refractivity contribution in [3.63, 3.8) is 0 Å². The summed E-state index contributed by atoms with van der Waals surface area (Å²) in [6.45, 7) is 4.75. The molecule has 2 aliphatic rings. The van der Waals surface area contributed by atoms with Gasteiger partial charge in [0.15, 0.2) is 0 Å². The number of rotatable bonds is 2. The summed E-state index contributed by atoms with van der Waals surface area (Å²) in [6, 6.07) is 0.119. The number of likely N-dealkylation sites (tertiary alicyclic amines) is 2. The van der Waals surface area contributed by atoms with Crippen molar-refractivity contribution in [3.8, 4) is 0 Å². The SMILES string of the molecule is CC1CN(C(=O)NC2CCN(C)CC2)CC1C(=O)O. The summed E-state index contributed by atoms with van der Waals surface area (Å²) in [4.78, 5) is 27.1. The van der Waals surface area contributed by atoms with E-state index in [1.54, 1.807) is 4.90 Å². The molecule has 0 bridgehead atoms. The summed E-state index contributed by atoms with van der Waals surface area (Å²) in [5, 5.41) is 12.1. The molecule has 2 aliphatic heterocycles. The predicted molar refractivity (Wildman–Crippen MR) is 70.9 cm³/mol. The van der Waals surface area contributed by atoms with Gasteiger partial charge in [-0.2, -0.15) is 0 Å². The minimum atomic E-state index is -0.804. The Morgan fingerprint density at radius 2 is 1.84 bits per heavy atom. The highest BCUT2D eigenvalue weighted by Gasteiger charge is 2.37. The van der Waals surface area contributed by atoms with Gasteiger partial charge in [0.1, 0.15) is 0 Å². The van der Waals surface area contributed by atoms with Crippen LogP contribution in [0.5, 0.6) is 0 Å². The number of nitrogens with zero attached hydrogens (tertiary/aromatic N) is 2. The van der Waals surface area contributed by atoms with Gasteiger partial charge in [0.25, 0.3) is 0 Å². The van der Waals surface area contributed by atoms with Crippen LogP contribution in [0.3, 0.4) is 0 Å². The van der Waals surface area contributed by atoms with E-state index in [1.165, 1.54) is 0 Å². The molecular formula is C13H23N3O3. The molecule has 2 heterocycles. The lowest BCUT2D eigenvalue weighted by atomic mass is 9.99. The van der Waals surface area contributed by atoms with Crippen molar-refractivity contribution in [1.82, 2.24) is 15.1 Å². The smallest absolute Gasteiger partial charge is 0.317 e. The summed E-state index contributed by atoms with van der Waals surface area (Å²) in [7, 11) is 2.08. The molecule has 0 aliphatic carbocycles. The van der Waals surface area contributed by atoms with E-state index in [-0.39, 0.29) is 18.0 Å². The van der Waals surface area contributed by atoms with E-state index in [9.17, 15) is 9.59 Å². The van der Waals surface area contributed by atoms with Crippen LogP contribution in [0.1, 0.15) is 19.8 Å². The number of nitrogens with one attached hydrogen (secondary N) is 1. The quantitative estimate of drug-likeness (QED) is 0.763. The number of carboxylic acid groups (broad SMARTS) is 1. The molecule has 0 saturated carbocycles. The maximum Gasteiger partial charge on any atom is 0.317 e. The zero-order chi connectivity index (χ0) is 14.0. The maximum absolute atomic E-state index is 12.1. The molecule has 0 spiro atoms. The number of urea groups is 1. The van der Waals surface area contributed by atoms with Gasteiger partial charge in [-0.1, -0.05) is 6.92 Å². The number of piperidine rings is 1. The minimum Gasteiger partial charge on any atom is -0.481 e. The third kappa shape index (κ3) is 3.37. The molecule has 0 aromatic carbocycles. The van der Waals surface area contributed by atoms with Crippen LogP contribution in [0.15, 0.2) is 0 Å². The van der Waals surface area contributed by atoms with Crippen LogP contribution in [0.2, 0.25) is 0 Å². The summed E-state index contributed by atoms with van der Waals surface area (Å²) >= 11 is 0. The topological polar surface area (TPSA) is 72.9 Å². The number of carbonyl (C=O) groups is 2. The summed E-state index contributed by atoms with van der Waals surface area (Å²) in [5.41, 5.74) is 0. The molecule has 2 atom stereocenters. The van der Waals surface area contributed by atoms with Crippen LogP contribution in [0.4, 0.5) is 4.79 Å². The van der Waals surface area contributed by atoms with Gasteiger partial charge in [0.05, 0.1) is 5.92 Å². The molecule has 0 aromatic heterocycles. The van der Waals surface area contributed by atoms with Gasteiger partial charge in [-0.25, -0.2) is 4.79 Å². The van der Waals surface area contributed by atoms with E-state index in [0.717, 1.165) is 25.9 Å². The molecule has 2 rings (SSSR count). The second kappa shape index (κ2) is 5.77. The second-order valence-corrected chi connectivity index (χ2v) is 5.85. The first-order valence-electron chi connectivity index (χ1n) is 6.94. The first kappa shape index (κ1) is 14.1. The van der Waals surface area contributed by atoms with Gasteiger partial charge in [0, 0.05) is 19.1 Å². The van der Waals surface area contributed by atoms with Gasteiger partial charge in [0.2, 0.25) is 0 Å². The molecular weight excluding hydrogens is 246 g/mol. The summed E-state index contributed by atoms with van der Waals surface area (Å²) in [6.07, 6.45) is 1.93. The van der Waals surface area contributed by atoms with E-state index in [1.807, 2.05) is 6.92 Å². The van der Waals surface area contributed by atoms with Gasteiger partial charge in [-0.15, -0.1) is 0 Å². The fourth-order valence-electron chi connectivity index (χ4n) is 2.87. The molecule has 2 saturated heterocycles. The average molecular weight is 269 g/mol. The average Bonchev–Trinajstić information content (AvgIpc) is 2.74.